The molecule has 0 aliphatic carbocycles. The van der Waals surface area contributed by atoms with Crippen LogP contribution in [0.25, 0.3) is 6.08 Å². The van der Waals surface area contributed by atoms with Gasteiger partial charge in [0.15, 0.2) is 0 Å². The quantitative estimate of drug-likeness (QED) is 0.582. The van der Waals surface area contributed by atoms with Gasteiger partial charge in [0.05, 0.1) is 0 Å². The molecule has 0 unspecified atom stereocenters. The summed E-state index contributed by atoms with van der Waals surface area (Å²) in [5.41, 5.74) is 0.731. The van der Waals surface area contributed by atoms with Crippen LogP contribution < -0.4 is 0 Å². The monoisotopic (exact) mass is 234 g/mol. The number of halogens is 1. The first-order chi connectivity index (χ1) is 7.56. The zero-order chi connectivity index (χ0) is 12.1. The maximum atomic E-state index is 11.6. The molecule has 0 heterocycles. The molecule has 0 saturated carbocycles. The van der Waals surface area contributed by atoms with Gasteiger partial charge in [-0.2, -0.15) is 5.26 Å². The SMILES string of the molecule is CN(C)C(=O)/C(C#N)=C\c1ccccc1Cl. The molecule has 0 bridgehead atoms. The Hall–Kier alpha value is -1.79. The van der Waals surface area contributed by atoms with Gasteiger partial charge in [-0.25, -0.2) is 0 Å². The highest BCUT2D eigenvalue weighted by molar-refractivity contribution is 6.32. The second kappa shape index (κ2) is 5.34. The lowest BCUT2D eigenvalue weighted by Crippen LogP contribution is -2.22. The Bertz CT molecular complexity index is 472. The van der Waals surface area contributed by atoms with Crippen LogP contribution in [0.2, 0.25) is 5.02 Å². The molecule has 0 radical (unpaired) electrons. The molecule has 0 spiro atoms. The molecule has 0 atom stereocenters. The summed E-state index contributed by atoms with van der Waals surface area (Å²) in [4.78, 5) is 12.9. The third-order valence-corrected chi connectivity index (χ3v) is 2.31. The van der Waals surface area contributed by atoms with Crippen molar-refractivity contribution in [2.24, 2.45) is 0 Å². The van der Waals surface area contributed by atoms with Gasteiger partial charge < -0.3 is 4.90 Å². The summed E-state index contributed by atoms with van der Waals surface area (Å²) in [6.45, 7) is 0. The first-order valence-electron chi connectivity index (χ1n) is 4.64. The predicted molar refractivity (Wildman–Crippen MR) is 63.7 cm³/mol. The van der Waals surface area contributed by atoms with Gasteiger partial charge in [0.2, 0.25) is 0 Å². The van der Waals surface area contributed by atoms with E-state index in [-0.39, 0.29) is 11.5 Å². The summed E-state index contributed by atoms with van der Waals surface area (Å²) in [7, 11) is 3.19. The highest BCUT2D eigenvalue weighted by Crippen LogP contribution is 2.18. The number of nitrogens with zero attached hydrogens (tertiary/aromatic N) is 2. The lowest BCUT2D eigenvalue weighted by atomic mass is 10.1. The van der Waals surface area contributed by atoms with Gasteiger partial charge >= 0.3 is 0 Å². The van der Waals surface area contributed by atoms with E-state index < -0.39 is 0 Å². The molecule has 82 valence electrons. The van der Waals surface area contributed by atoms with E-state index >= 15 is 0 Å². The van der Waals surface area contributed by atoms with E-state index in [9.17, 15) is 4.79 Å². The number of rotatable bonds is 2. The summed E-state index contributed by atoms with van der Waals surface area (Å²) in [5.74, 6) is -0.331. The lowest BCUT2D eigenvalue weighted by molar-refractivity contribution is -0.124. The Kier molecular flexibility index (Phi) is 4.10. The fourth-order valence-electron chi connectivity index (χ4n) is 1.13. The van der Waals surface area contributed by atoms with E-state index in [0.717, 1.165) is 0 Å². The number of carbonyl (C=O) groups is 1. The predicted octanol–water partition coefficient (Wildman–Crippen LogP) is 2.34. The summed E-state index contributed by atoms with van der Waals surface area (Å²) in [5, 5.41) is 9.40. The summed E-state index contributed by atoms with van der Waals surface area (Å²) in [6.07, 6.45) is 1.49. The van der Waals surface area contributed by atoms with Crippen molar-refractivity contribution in [3.05, 3.63) is 40.4 Å². The zero-order valence-electron chi connectivity index (χ0n) is 9.07. The minimum atomic E-state index is -0.331. The van der Waals surface area contributed by atoms with Gasteiger partial charge in [0.25, 0.3) is 5.91 Å². The van der Waals surface area contributed by atoms with Crippen molar-refractivity contribution in [3.8, 4) is 6.07 Å². The lowest BCUT2D eigenvalue weighted by Gasteiger charge is -2.08. The average molecular weight is 235 g/mol. The number of amides is 1. The Morgan fingerprint density at radius 2 is 2.06 bits per heavy atom. The minimum Gasteiger partial charge on any atom is -0.344 e. The number of likely N-dealkylation sites (N-methyl/N-ethyl adjacent to an activating group) is 1. The number of benzene rings is 1. The molecular formula is C12H11ClN2O. The molecule has 1 aromatic carbocycles. The van der Waals surface area contributed by atoms with Crippen LogP contribution >= 0.6 is 11.6 Å². The van der Waals surface area contributed by atoms with Crippen molar-refractivity contribution in [2.75, 3.05) is 14.1 Å². The Balaban J connectivity index is 3.12. The first-order valence-corrected chi connectivity index (χ1v) is 5.02. The Labute approximate surface area is 99.5 Å². The van der Waals surface area contributed by atoms with Gasteiger partial charge in [-0.3, -0.25) is 4.79 Å². The number of hydrogen-bond donors (Lipinski definition) is 0. The summed E-state index contributed by atoms with van der Waals surface area (Å²) in [6, 6.07) is 8.92. The molecule has 4 heteroatoms. The molecule has 0 N–H and O–H groups in total. The zero-order valence-corrected chi connectivity index (χ0v) is 9.82. The van der Waals surface area contributed by atoms with E-state index in [4.69, 9.17) is 16.9 Å². The molecule has 1 rings (SSSR count). The van der Waals surface area contributed by atoms with Crippen LogP contribution in [0, 0.1) is 11.3 Å². The third-order valence-electron chi connectivity index (χ3n) is 1.96. The molecule has 0 saturated heterocycles. The Morgan fingerprint density at radius 1 is 1.44 bits per heavy atom. The minimum absolute atomic E-state index is 0.0677. The molecule has 1 aromatic rings. The van der Waals surface area contributed by atoms with Crippen molar-refractivity contribution in [1.82, 2.24) is 4.90 Å². The maximum Gasteiger partial charge on any atom is 0.264 e. The van der Waals surface area contributed by atoms with Crippen molar-refractivity contribution in [2.45, 2.75) is 0 Å². The van der Waals surface area contributed by atoms with Crippen molar-refractivity contribution < 1.29 is 4.79 Å². The van der Waals surface area contributed by atoms with Gasteiger partial charge in [-0.15, -0.1) is 0 Å². The van der Waals surface area contributed by atoms with E-state index in [1.54, 1.807) is 38.4 Å². The standard InChI is InChI=1S/C12H11ClN2O/c1-15(2)12(16)10(8-14)7-9-5-3-4-6-11(9)13/h3-7H,1-2H3/b10-7-. The fourth-order valence-corrected chi connectivity index (χ4v) is 1.32. The molecule has 0 aliphatic heterocycles. The van der Waals surface area contributed by atoms with Crippen molar-refractivity contribution >= 4 is 23.6 Å². The molecule has 0 fully saturated rings. The number of hydrogen-bond acceptors (Lipinski definition) is 2. The van der Waals surface area contributed by atoms with Crippen molar-refractivity contribution in [3.63, 3.8) is 0 Å². The second-order valence-corrected chi connectivity index (χ2v) is 3.80. The topological polar surface area (TPSA) is 44.1 Å². The average Bonchev–Trinajstić information content (AvgIpc) is 2.27. The molecule has 0 aromatic heterocycles. The van der Waals surface area contributed by atoms with Crippen LogP contribution in [0.4, 0.5) is 0 Å². The highest BCUT2D eigenvalue weighted by atomic mass is 35.5. The normalized spacial score (nSPS) is 10.8. The van der Waals surface area contributed by atoms with Crippen LogP contribution in [0.1, 0.15) is 5.56 Å². The van der Waals surface area contributed by atoms with Crippen LogP contribution in [0.15, 0.2) is 29.8 Å². The van der Waals surface area contributed by atoms with Crippen molar-refractivity contribution in [1.29, 1.82) is 5.26 Å². The maximum absolute atomic E-state index is 11.6. The molecule has 3 nitrogen and oxygen atoms in total. The van der Waals surface area contributed by atoms with Crippen LogP contribution in [-0.4, -0.2) is 24.9 Å². The number of carbonyl (C=O) groups excluding carboxylic acids is 1. The molecule has 0 aliphatic rings. The number of nitriles is 1. The summed E-state index contributed by atoms with van der Waals surface area (Å²) >= 11 is 5.93. The van der Waals surface area contributed by atoms with E-state index in [1.807, 2.05) is 6.07 Å². The Morgan fingerprint density at radius 3 is 2.56 bits per heavy atom. The molecule has 16 heavy (non-hydrogen) atoms. The molecule has 1 amide bonds. The largest absolute Gasteiger partial charge is 0.344 e. The van der Waals surface area contributed by atoms with Gasteiger partial charge in [0, 0.05) is 19.1 Å². The van der Waals surface area contributed by atoms with Crippen LogP contribution in [0.3, 0.4) is 0 Å². The second-order valence-electron chi connectivity index (χ2n) is 3.39. The first kappa shape index (κ1) is 12.3. The van der Waals surface area contributed by atoms with Crippen LogP contribution in [-0.2, 0) is 4.79 Å². The highest BCUT2D eigenvalue weighted by Gasteiger charge is 2.11. The van der Waals surface area contributed by atoms with Crippen LogP contribution in [0.5, 0.6) is 0 Å². The summed E-state index contributed by atoms with van der Waals surface area (Å²) < 4.78 is 0. The van der Waals surface area contributed by atoms with E-state index in [1.165, 1.54) is 11.0 Å². The third kappa shape index (κ3) is 2.85. The molecular weight excluding hydrogens is 224 g/mol. The van der Waals surface area contributed by atoms with E-state index in [2.05, 4.69) is 0 Å². The van der Waals surface area contributed by atoms with Gasteiger partial charge in [-0.1, -0.05) is 29.8 Å². The van der Waals surface area contributed by atoms with Gasteiger partial charge in [0.1, 0.15) is 11.6 Å². The van der Waals surface area contributed by atoms with E-state index in [0.29, 0.717) is 10.6 Å². The smallest absolute Gasteiger partial charge is 0.264 e. The fraction of sp³-hybridized carbons (Fsp3) is 0.167. The van der Waals surface area contributed by atoms with Gasteiger partial charge in [-0.05, 0) is 17.7 Å².